The molecule has 2 bridgehead atoms. The van der Waals surface area contributed by atoms with Crippen LogP contribution in [0, 0.1) is 23.7 Å². The van der Waals surface area contributed by atoms with Crippen molar-refractivity contribution in [3.63, 3.8) is 0 Å². The molecule has 3 aliphatic carbocycles. The lowest BCUT2D eigenvalue weighted by Gasteiger charge is -2.44. The minimum Gasteiger partial charge on any atom is -0.355 e. The van der Waals surface area contributed by atoms with E-state index in [0.717, 1.165) is 43.3 Å². The van der Waals surface area contributed by atoms with E-state index in [4.69, 9.17) is 0 Å². The van der Waals surface area contributed by atoms with Crippen LogP contribution in [-0.2, 0) is 0 Å². The molecule has 22 heavy (non-hydrogen) atoms. The summed E-state index contributed by atoms with van der Waals surface area (Å²) in [6.45, 7) is 4.67. The summed E-state index contributed by atoms with van der Waals surface area (Å²) in [5, 5.41) is 3.06. The third-order valence-corrected chi connectivity index (χ3v) is 5.96. The molecule has 0 aromatic carbocycles. The molecule has 1 aromatic rings. The predicted molar refractivity (Wildman–Crippen MR) is 84.5 cm³/mol. The molecule has 4 fully saturated rings. The summed E-state index contributed by atoms with van der Waals surface area (Å²) in [7, 11) is 0. The van der Waals surface area contributed by atoms with Gasteiger partial charge in [0.25, 0.3) is 5.91 Å². The SMILES string of the molecule is CCNc1ncc(C(=O)N2C[C@@H]3C4CCC(CC4)[C@@H]3C2)cn1. The number of likely N-dealkylation sites (tertiary alicyclic amines) is 1. The zero-order valence-electron chi connectivity index (χ0n) is 13.2. The Bertz CT molecular complexity index is 530. The first-order valence-electron chi connectivity index (χ1n) is 8.61. The molecule has 3 saturated carbocycles. The normalized spacial score (nSPS) is 32.9. The lowest BCUT2D eigenvalue weighted by atomic mass is 9.60. The first-order valence-corrected chi connectivity index (χ1v) is 8.61. The molecule has 4 aliphatic rings. The van der Waals surface area contributed by atoms with Crippen LogP contribution in [0.2, 0.25) is 0 Å². The first-order chi connectivity index (χ1) is 10.8. The van der Waals surface area contributed by atoms with Crippen molar-refractivity contribution in [3.05, 3.63) is 18.0 Å². The van der Waals surface area contributed by atoms with Gasteiger partial charge in [0, 0.05) is 32.0 Å². The summed E-state index contributed by atoms with van der Waals surface area (Å²) in [4.78, 5) is 23.2. The summed E-state index contributed by atoms with van der Waals surface area (Å²) in [6.07, 6.45) is 8.85. The third kappa shape index (κ3) is 2.27. The van der Waals surface area contributed by atoms with Crippen molar-refractivity contribution in [1.82, 2.24) is 14.9 Å². The van der Waals surface area contributed by atoms with Gasteiger partial charge in [-0.25, -0.2) is 9.97 Å². The Morgan fingerprint density at radius 2 is 1.68 bits per heavy atom. The van der Waals surface area contributed by atoms with Gasteiger partial charge in [-0.15, -0.1) is 0 Å². The molecule has 118 valence electrons. The van der Waals surface area contributed by atoms with Crippen LogP contribution in [0.15, 0.2) is 12.4 Å². The Morgan fingerprint density at radius 1 is 1.14 bits per heavy atom. The van der Waals surface area contributed by atoms with Crippen molar-refractivity contribution >= 4 is 11.9 Å². The van der Waals surface area contributed by atoms with Crippen LogP contribution in [-0.4, -0.2) is 40.4 Å². The Labute approximate surface area is 131 Å². The number of hydrogen-bond donors (Lipinski definition) is 1. The molecule has 1 amide bonds. The molecule has 2 heterocycles. The van der Waals surface area contributed by atoms with E-state index >= 15 is 0 Å². The summed E-state index contributed by atoms with van der Waals surface area (Å²) >= 11 is 0. The van der Waals surface area contributed by atoms with E-state index in [1.54, 1.807) is 12.4 Å². The standard InChI is InChI=1S/C17H24N4O/c1-2-18-17-19-7-13(8-20-17)16(22)21-9-14-11-3-4-12(6-5-11)15(14)10-21/h7-8,11-12,14-15H,2-6,9-10H2,1H3,(H,18,19,20)/t11?,12?,14-,15+. The van der Waals surface area contributed by atoms with Crippen LogP contribution in [0.1, 0.15) is 43.0 Å². The molecule has 0 radical (unpaired) electrons. The molecule has 0 spiro atoms. The second-order valence-electron chi connectivity index (χ2n) is 7.04. The van der Waals surface area contributed by atoms with Crippen LogP contribution in [0.4, 0.5) is 5.95 Å². The quantitative estimate of drug-likeness (QED) is 0.931. The van der Waals surface area contributed by atoms with E-state index in [9.17, 15) is 4.79 Å². The maximum atomic E-state index is 12.7. The van der Waals surface area contributed by atoms with Crippen LogP contribution in [0.25, 0.3) is 0 Å². The summed E-state index contributed by atoms with van der Waals surface area (Å²) in [5.41, 5.74) is 0.618. The van der Waals surface area contributed by atoms with Crippen molar-refractivity contribution in [1.29, 1.82) is 0 Å². The van der Waals surface area contributed by atoms with Crippen molar-refractivity contribution in [2.24, 2.45) is 23.7 Å². The number of fused-ring (bicyclic) bond motifs is 2. The molecular weight excluding hydrogens is 276 g/mol. The fourth-order valence-electron chi connectivity index (χ4n) is 4.89. The number of carbonyl (C=O) groups is 1. The average molecular weight is 300 g/mol. The number of rotatable bonds is 3. The van der Waals surface area contributed by atoms with Crippen LogP contribution < -0.4 is 5.32 Å². The van der Waals surface area contributed by atoms with Crippen molar-refractivity contribution in [2.75, 3.05) is 25.0 Å². The van der Waals surface area contributed by atoms with E-state index in [2.05, 4.69) is 20.2 Å². The maximum Gasteiger partial charge on any atom is 0.257 e. The van der Waals surface area contributed by atoms with Crippen molar-refractivity contribution in [2.45, 2.75) is 32.6 Å². The second kappa shape index (κ2) is 5.52. The van der Waals surface area contributed by atoms with E-state index < -0.39 is 0 Å². The van der Waals surface area contributed by atoms with Gasteiger partial charge in [-0.1, -0.05) is 0 Å². The lowest BCUT2D eigenvalue weighted by molar-refractivity contribution is 0.0577. The highest BCUT2D eigenvalue weighted by atomic mass is 16.2. The van der Waals surface area contributed by atoms with E-state index in [1.807, 2.05) is 6.92 Å². The summed E-state index contributed by atoms with van der Waals surface area (Å²) < 4.78 is 0. The molecule has 5 heteroatoms. The molecule has 1 aromatic heterocycles. The molecule has 1 saturated heterocycles. The van der Waals surface area contributed by atoms with Crippen LogP contribution in [0.3, 0.4) is 0 Å². The van der Waals surface area contributed by atoms with Gasteiger partial charge in [-0.05, 0) is 56.3 Å². The smallest absolute Gasteiger partial charge is 0.257 e. The fraction of sp³-hybridized carbons (Fsp3) is 0.706. The molecule has 1 N–H and O–H groups in total. The number of amides is 1. The van der Waals surface area contributed by atoms with Gasteiger partial charge in [0.15, 0.2) is 0 Å². The summed E-state index contributed by atoms with van der Waals surface area (Å²) in [6, 6.07) is 0. The average Bonchev–Trinajstić information content (AvgIpc) is 3.04. The molecule has 1 aliphatic heterocycles. The van der Waals surface area contributed by atoms with Crippen LogP contribution >= 0.6 is 0 Å². The minimum atomic E-state index is 0.108. The van der Waals surface area contributed by atoms with Crippen LogP contribution in [0.5, 0.6) is 0 Å². The minimum absolute atomic E-state index is 0.108. The topological polar surface area (TPSA) is 58.1 Å². The number of carbonyl (C=O) groups excluding carboxylic acids is 1. The fourth-order valence-corrected chi connectivity index (χ4v) is 4.89. The number of hydrogen-bond acceptors (Lipinski definition) is 4. The van der Waals surface area contributed by atoms with E-state index in [1.165, 1.54) is 25.7 Å². The monoisotopic (exact) mass is 300 g/mol. The highest BCUT2D eigenvalue weighted by Gasteiger charge is 2.49. The Morgan fingerprint density at radius 3 is 2.18 bits per heavy atom. The Kier molecular flexibility index (Phi) is 3.51. The molecule has 5 rings (SSSR count). The molecular formula is C17H24N4O. The third-order valence-electron chi connectivity index (χ3n) is 5.96. The zero-order valence-corrected chi connectivity index (χ0v) is 13.2. The van der Waals surface area contributed by atoms with Gasteiger partial charge in [0.2, 0.25) is 5.95 Å². The van der Waals surface area contributed by atoms with Gasteiger partial charge < -0.3 is 10.2 Å². The molecule has 0 unspecified atom stereocenters. The van der Waals surface area contributed by atoms with Gasteiger partial charge in [0.05, 0.1) is 5.56 Å². The van der Waals surface area contributed by atoms with Crippen molar-refractivity contribution in [3.8, 4) is 0 Å². The van der Waals surface area contributed by atoms with E-state index in [0.29, 0.717) is 11.5 Å². The van der Waals surface area contributed by atoms with Gasteiger partial charge >= 0.3 is 0 Å². The highest BCUT2D eigenvalue weighted by Crippen LogP contribution is 2.51. The largest absolute Gasteiger partial charge is 0.355 e. The van der Waals surface area contributed by atoms with Gasteiger partial charge in [-0.2, -0.15) is 0 Å². The number of nitrogens with one attached hydrogen (secondary N) is 1. The first kappa shape index (κ1) is 14.0. The molecule has 2 atom stereocenters. The van der Waals surface area contributed by atoms with Gasteiger partial charge in [0.1, 0.15) is 0 Å². The highest BCUT2D eigenvalue weighted by molar-refractivity contribution is 5.93. The number of nitrogens with zero attached hydrogens (tertiary/aromatic N) is 3. The number of aromatic nitrogens is 2. The van der Waals surface area contributed by atoms with E-state index in [-0.39, 0.29) is 5.91 Å². The number of anilines is 1. The summed E-state index contributed by atoms with van der Waals surface area (Å²) in [5.74, 6) is 3.92. The predicted octanol–water partition coefficient (Wildman–Crippen LogP) is 2.42. The van der Waals surface area contributed by atoms with Crippen molar-refractivity contribution < 1.29 is 4.79 Å². The Hall–Kier alpha value is -1.65. The zero-order chi connectivity index (χ0) is 15.1. The molecule has 5 nitrogen and oxygen atoms in total. The maximum absolute atomic E-state index is 12.7. The lowest BCUT2D eigenvalue weighted by Crippen LogP contribution is -2.38. The van der Waals surface area contributed by atoms with Gasteiger partial charge in [-0.3, -0.25) is 4.79 Å². The second-order valence-corrected chi connectivity index (χ2v) is 7.04. The Balaban J connectivity index is 1.47.